The Hall–Kier alpha value is -2.80. The molecule has 0 saturated carbocycles. The van der Waals surface area contributed by atoms with Crippen molar-refractivity contribution in [2.24, 2.45) is 0 Å². The Morgan fingerprint density at radius 2 is 1.92 bits per heavy atom. The summed E-state index contributed by atoms with van der Waals surface area (Å²) in [6, 6.07) is 9.68. The van der Waals surface area contributed by atoms with Gasteiger partial charge >= 0.3 is 7.75 Å². The number of rotatable bonds is 10. The van der Waals surface area contributed by atoms with Gasteiger partial charge in [-0.1, -0.05) is 11.6 Å². The van der Waals surface area contributed by atoms with Crippen LogP contribution in [0.1, 0.15) is 50.9 Å². The molecular weight excluding hydrogens is 539 g/mol. The second-order valence-electron chi connectivity index (χ2n) is 9.70. The van der Waals surface area contributed by atoms with Gasteiger partial charge < -0.3 is 9.47 Å². The number of amides is 1. The maximum Gasteiger partial charge on any atom is 0.408 e. The third-order valence-electron chi connectivity index (χ3n) is 7.54. The number of unbranched alkanes of at least 4 members (excludes halogenated alkanes) is 1. The van der Waals surface area contributed by atoms with E-state index in [4.69, 9.17) is 30.9 Å². The summed E-state index contributed by atoms with van der Waals surface area (Å²) >= 11 is 6.24. The van der Waals surface area contributed by atoms with Crippen LogP contribution in [0.5, 0.6) is 0 Å². The zero-order valence-electron chi connectivity index (χ0n) is 22.2. The fourth-order valence-corrected chi connectivity index (χ4v) is 7.67. The van der Waals surface area contributed by atoms with Gasteiger partial charge in [0.15, 0.2) is 0 Å². The Bertz CT molecular complexity index is 1450. The van der Waals surface area contributed by atoms with Crippen molar-refractivity contribution in [2.75, 3.05) is 31.2 Å². The summed E-state index contributed by atoms with van der Waals surface area (Å²) in [5, 5.41) is 9.66. The highest BCUT2D eigenvalue weighted by Gasteiger charge is 2.54. The van der Waals surface area contributed by atoms with Crippen LogP contribution in [0.3, 0.4) is 0 Å². The van der Waals surface area contributed by atoms with E-state index >= 15 is 0 Å². The maximum absolute atomic E-state index is 14.2. The quantitative estimate of drug-likeness (QED) is 0.233. The minimum Gasteiger partial charge on any atom is -0.326 e. The third kappa shape index (κ3) is 4.99. The average Bonchev–Trinajstić information content (AvgIpc) is 3.37. The standard InChI is InChI=1S/C27H32ClN6O4P/c1-3-37-39(36,38-4-2)32-15-10-27(11-16-32)21-9-13-30-18-24(21)34(26(27)35)19-25-31-22-17-20(28)7-8-23(22)33(25)14-6-5-12-29/h7-9,13,17-18H,3-6,10-11,14-16,19H2,1-2H3. The molecule has 1 aromatic carbocycles. The molecule has 1 spiro atoms. The van der Waals surface area contributed by atoms with E-state index in [1.807, 2.05) is 24.3 Å². The summed E-state index contributed by atoms with van der Waals surface area (Å²) in [4.78, 5) is 25.2. The van der Waals surface area contributed by atoms with Crippen LogP contribution in [-0.4, -0.2) is 51.4 Å². The Balaban J connectivity index is 1.46. The Morgan fingerprint density at radius 1 is 1.18 bits per heavy atom. The molecule has 1 fully saturated rings. The molecule has 2 aliphatic heterocycles. The summed E-state index contributed by atoms with van der Waals surface area (Å²) in [6.45, 7) is 5.82. The number of hydrogen-bond acceptors (Lipinski definition) is 7. The molecule has 10 nitrogen and oxygen atoms in total. The summed E-state index contributed by atoms with van der Waals surface area (Å²) in [5.74, 6) is 0.710. The number of aromatic nitrogens is 3. The molecular formula is C27H32ClN6O4P. The molecule has 0 bridgehead atoms. The van der Waals surface area contributed by atoms with Gasteiger partial charge in [0.25, 0.3) is 0 Å². The van der Waals surface area contributed by atoms with Gasteiger partial charge in [0, 0.05) is 37.3 Å². The number of benzene rings is 1. The van der Waals surface area contributed by atoms with Crippen LogP contribution in [-0.2, 0) is 36.9 Å². The lowest BCUT2D eigenvalue weighted by Crippen LogP contribution is -2.48. The largest absolute Gasteiger partial charge is 0.408 e. The first-order valence-corrected chi connectivity index (χ1v) is 15.2. The first-order chi connectivity index (χ1) is 18.9. The van der Waals surface area contributed by atoms with E-state index in [-0.39, 0.29) is 25.7 Å². The monoisotopic (exact) mass is 570 g/mol. The Morgan fingerprint density at radius 3 is 2.62 bits per heavy atom. The molecule has 12 heteroatoms. The Kier molecular flexibility index (Phi) is 8.08. The molecule has 1 saturated heterocycles. The van der Waals surface area contributed by atoms with Crippen LogP contribution < -0.4 is 4.90 Å². The molecule has 206 valence electrons. The molecule has 0 N–H and O–H groups in total. The van der Waals surface area contributed by atoms with Crippen LogP contribution in [0.15, 0.2) is 36.7 Å². The number of carbonyl (C=O) groups excluding carboxylic acids is 1. The highest BCUT2D eigenvalue weighted by Crippen LogP contribution is 2.56. The molecule has 2 aliphatic rings. The van der Waals surface area contributed by atoms with Crippen molar-refractivity contribution in [1.29, 1.82) is 5.26 Å². The summed E-state index contributed by atoms with van der Waals surface area (Å²) in [7, 11) is -3.42. The van der Waals surface area contributed by atoms with Gasteiger partial charge in [0.05, 0.1) is 54.2 Å². The minimum atomic E-state index is -3.42. The van der Waals surface area contributed by atoms with Crippen LogP contribution in [0.2, 0.25) is 5.02 Å². The number of piperidine rings is 1. The molecule has 4 heterocycles. The number of pyridine rings is 1. The SMILES string of the molecule is CCOP(=O)(OCC)N1CCC2(CC1)C(=O)N(Cc1nc3cc(Cl)ccc3n1CCCC#N)c1cnccc12. The van der Waals surface area contributed by atoms with Crippen LogP contribution in [0.25, 0.3) is 11.0 Å². The number of nitrogens with zero attached hydrogens (tertiary/aromatic N) is 6. The number of nitriles is 1. The van der Waals surface area contributed by atoms with E-state index in [9.17, 15) is 9.36 Å². The fraction of sp³-hybridized carbons (Fsp3) is 0.481. The zero-order valence-corrected chi connectivity index (χ0v) is 23.8. The van der Waals surface area contributed by atoms with Gasteiger partial charge in [0.2, 0.25) is 5.91 Å². The lowest BCUT2D eigenvalue weighted by Gasteiger charge is -2.40. The molecule has 39 heavy (non-hydrogen) atoms. The number of imidazole rings is 1. The number of anilines is 1. The summed E-state index contributed by atoms with van der Waals surface area (Å²) in [5.41, 5.74) is 2.61. The van der Waals surface area contributed by atoms with Crippen molar-refractivity contribution in [3.8, 4) is 6.07 Å². The third-order valence-corrected chi connectivity index (χ3v) is 10.0. The first-order valence-electron chi connectivity index (χ1n) is 13.3. The summed E-state index contributed by atoms with van der Waals surface area (Å²) < 4.78 is 28.3. The van der Waals surface area contributed by atoms with Gasteiger partial charge in [-0.2, -0.15) is 5.26 Å². The van der Waals surface area contributed by atoms with Crippen molar-refractivity contribution < 1.29 is 18.4 Å². The highest BCUT2D eigenvalue weighted by molar-refractivity contribution is 7.51. The average molecular weight is 571 g/mol. The molecule has 1 amide bonds. The minimum absolute atomic E-state index is 0.0125. The predicted octanol–water partition coefficient (Wildman–Crippen LogP) is 5.45. The van der Waals surface area contributed by atoms with Crippen LogP contribution >= 0.6 is 19.3 Å². The topological polar surface area (TPSA) is 114 Å². The molecule has 0 atom stereocenters. The smallest absolute Gasteiger partial charge is 0.326 e. The second-order valence-corrected chi connectivity index (χ2v) is 12.2. The first kappa shape index (κ1) is 27.8. The van der Waals surface area contributed by atoms with Crippen LogP contribution in [0, 0.1) is 11.3 Å². The maximum atomic E-state index is 14.2. The normalized spacial score (nSPS) is 17.2. The van der Waals surface area contributed by atoms with Crippen molar-refractivity contribution >= 4 is 42.0 Å². The van der Waals surface area contributed by atoms with E-state index in [1.54, 1.807) is 35.8 Å². The Labute approximate surface area is 233 Å². The molecule has 0 unspecified atom stereocenters. The van der Waals surface area contributed by atoms with Gasteiger partial charge in [0.1, 0.15) is 5.82 Å². The van der Waals surface area contributed by atoms with E-state index in [0.717, 1.165) is 28.1 Å². The van der Waals surface area contributed by atoms with Crippen molar-refractivity contribution in [3.63, 3.8) is 0 Å². The van der Waals surface area contributed by atoms with Crippen LogP contribution in [0.4, 0.5) is 5.69 Å². The molecule has 5 rings (SSSR count). The predicted molar refractivity (Wildman–Crippen MR) is 148 cm³/mol. The van der Waals surface area contributed by atoms with Crippen molar-refractivity contribution in [2.45, 2.75) is 58.0 Å². The van der Waals surface area contributed by atoms with Gasteiger partial charge in [-0.15, -0.1) is 0 Å². The number of hydrogen-bond donors (Lipinski definition) is 0. The van der Waals surface area contributed by atoms with Crippen molar-refractivity contribution in [3.05, 3.63) is 53.1 Å². The molecule has 3 aromatic rings. The lowest BCUT2D eigenvalue weighted by atomic mass is 9.74. The highest BCUT2D eigenvalue weighted by atomic mass is 35.5. The van der Waals surface area contributed by atoms with E-state index in [0.29, 0.717) is 50.3 Å². The number of aryl methyl sites for hydroxylation is 1. The fourth-order valence-electron chi connectivity index (χ4n) is 5.76. The van der Waals surface area contributed by atoms with E-state index in [2.05, 4.69) is 15.6 Å². The van der Waals surface area contributed by atoms with Crippen molar-refractivity contribution in [1.82, 2.24) is 19.2 Å². The molecule has 0 radical (unpaired) electrons. The molecule has 2 aromatic heterocycles. The second kappa shape index (κ2) is 11.4. The number of halogens is 1. The number of carbonyl (C=O) groups is 1. The van der Waals surface area contributed by atoms with Gasteiger partial charge in [-0.05, 0) is 62.9 Å². The van der Waals surface area contributed by atoms with E-state index in [1.165, 1.54) is 0 Å². The molecule has 0 aliphatic carbocycles. The van der Waals surface area contributed by atoms with Gasteiger partial charge in [-0.3, -0.25) is 18.8 Å². The number of fused-ring (bicyclic) bond motifs is 3. The zero-order chi connectivity index (χ0) is 27.6. The lowest BCUT2D eigenvalue weighted by molar-refractivity contribution is -0.124. The van der Waals surface area contributed by atoms with Gasteiger partial charge in [-0.25, -0.2) is 14.2 Å². The summed E-state index contributed by atoms with van der Waals surface area (Å²) in [6.07, 6.45) is 5.51. The van der Waals surface area contributed by atoms with E-state index < -0.39 is 13.2 Å².